The van der Waals surface area contributed by atoms with Crippen LogP contribution in [-0.4, -0.2) is 58.6 Å². The van der Waals surface area contributed by atoms with Crippen LogP contribution >= 0.6 is 11.8 Å². The average molecular weight is 565 g/mol. The molecule has 9 heteroatoms. The molecule has 41 heavy (non-hydrogen) atoms. The van der Waals surface area contributed by atoms with E-state index in [0.29, 0.717) is 17.1 Å². The number of fused-ring (bicyclic) bond motifs is 2. The number of urea groups is 2. The Morgan fingerprint density at radius 1 is 0.732 bits per heavy atom. The Morgan fingerprint density at radius 3 is 1.98 bits per heavy atom. The van der Waals surface area contributed by atoms with Gasteiger partial charge in [0.25, 0.3) is 0 Å². The summed E-state index contributed by atoms with van der Waals surface area (Å²) in [5.74, 6) is -0.449. The second-order valence-electron chi connectivity index (χ2n) is 9.79. The lowest BCUT2D eigenvalue weighted by Gasteiger charge is -2.42. The number of carbonyl (C=O) groups excluding carboxylic acids is 2. The van der Waals surface area contributed by atoms with Gasteiger partial charge in [0.1, 0.15) is 6.04 Å². The Kier molecular flexibility index (Phi) is 7.35. The summed E-state index contributed by atoms with van der Waals surface area (Å²) in [6.45, 7) is 0.134. The van der Waals surface area contributed by atoms with Gasteiger partial charge in [-0.05, 0) is 48.0 Å². The Hall–Kier alpha value is -4.76. The summed E-state index contributed by atoms with van der Waals surface area (Å²) >= 11 is 1.66. The summed E-state index contributed by atoms with van der Waals surface area (Å²) in [6.07, 6.45) is 0. The van der Waals surface area contributed by atoms with Crippen molar-refractivity contribution < 1.29 is 19.5 Å². The van der Waals surface area contributed by atoms with Crippen molar-refractivity contribution in [3.8, 4) is 0 Å². The van der Waals surface area contributed by atoms with E-state index in [-0.39, 0.29) is 25.7 Å². The fourth-order valence-corrected chi connectivity index (χ4v) is 6.33. The van der Waals surface area contributed by atoms with Gasteiger partial charge in [-0.1, -0.05) is 66.7 Å². The van der Waals surface area contributed by atoms with E-state index in [4.69, 9.17) is 0 Å². The molecule has 1 fully saturated rings. The third-order valence-electron chi connectivity index (χ3n) is 7.31. The first-order valence-electron chi connectivity index (χ1n) is 13.4. The zero-order valence-corrected chi connectivity index (χ0v) is 23.0. The molecule has 2 aliphatic heterocycles. The van der Waals surface area contributed by atoms with E-state index in [1.54, 1.807) is 21.6 Å². The minimum atomic E-state index is -1.22. The molecule has 0 radical (unpaired) electrons. The van der Waals surface area contributed by atoms with Crippen LogP contribution in [0.2, 0.25) is 0 Å². The summed E-state index contributed by atoms with van der Waals surface area (Å²) in [5, 5.41) is 10.3. The molecular formula is C32H28N4O4S. The van der Waals surface area contributed by atoms with Crippen molar-refractivity contribution in [2.45, 2.75) is 16.7 Å². The van der Waals surface area contributed by atoms with Crippen LogP contribution in [0.1, 0.15) is 5.56 Å². The Balaban J connectivity index is 1.31. The van der Waals surface area contributed by atoms with Crippen molar-refractivity contribution in [1.82, 2.24) is 9.80 Å². The van der Waals surface area contributed by atoms with Gasteiger partial charge in [0, 0.05) is 23.7 Å². The van der Waals surface area contributed by atoms with Crippen LogP contribution in [0.4, 0.5) is 32.3 Å². The molecule has 1 atom stereocenters. The number of anilines is 4. The van der Waals surface area contributed by atoms with Crippen LogP contribution in [0.3, 0.4) is 0 Å². The summed E-state index contributed by atoms with van der Waals surface area (Å²) < 4.78 is 0. The van der Waals surface area contributed by atoms with E-state index in [0.717, 1.165) is 21.8 Å². The van der Waals surface area contributed by atoms with Crippen LogP contribution in [0.15, 0.2) is 114 Å². The zero-order chi connectivity index (χ0) is 28.3. The molecule has 4 amide bonds. The predicted octanol–water partition coefficient (Wildman–Crippen LogP) is 6.58. The molecule has 2 aliphatic rings. The Bertz CT molecular complexity index is 1500. The van der Waals surface area contributed by atoms with Crippen LogP contribution in [0.5, 0.6) is 0 Å². The second-order valence-corrected chi connectivity index (χ2v) is 10.8. The first-order valence-corrected chi connectivity index (χ1v) is 14.3. The number of hydrogen-bond acceptors (Lipinski definition) is 4. The molecule has 0 aromatic heterocycles. The number of carbonyl (C=O) groups is 3. The fourth-order valence-electron chi connectivity index (χ4n) is 5.30. The molecule has 4 aromatic carbocycles. The number of piperazine rings is 1. The largest absolute Gasteiger partial charge is 0.480 e. The molecule has 0 unspecified atom stereocenters. The lowest BCUT2D eigenvalue weighted by molar-refractivity contribution is -0.143. The lowest BCUT2D eigenvalue weighted by atomic mass is 10.1. The van der Waals surface area contributed by atoms with Crippen LogP contribution in [-0.2, 0) is 10.5 Å². The molecule has 2 heterocycles. The highest BCUT2D eigenvalue weighted by Crippen LogP contribution is 2.43. The van der Waals surface area contributed by atoms with E-state index in [1.165, 1.54) is 9.80 Å². The predicted molar refractivity (Wildman–Crippen MR) is 160 cm³/mol. The Morgan fingerprint density at radius 2 is 1.32 bits per heavy atom. The minimum absolute atomic E-state index is 0.0730. The topological polar surface area (TPSA) is 84.4 Å². The maximum Gasteiger partial charge on any atom is 0.329 e. The number of thioether (sulfide) groups is 1. The third kappa shape index (κ3) is 5.12. The minimum Gasteiger partial charge on any atom is -0.480 e. The van der Waals surface area contributed by atoms with E-state index >= 15 is 0 Å². The second kappa shape index (κ2) is 11.4. The first kappa shape index (κ1) is 26.5. The van der Waals surface area contributed by atoms with Gasteiger partial charge in [-0.25, -0.2) is 14.4 Å². The molecule has 0 spiro atoms. The number of amides is 4. The molecule has 4 aromatic rings. The van der Waals surface area contributed by atoms with E-state index in [2.05, 4.69) is 0 Å². The average Bonchev–Trinajstić information content (AvgIpc) is 3.18. The smallest absolute Gasteiger partial charge is 0.329 e. The molecule has 206 valence electrons. The highest BCUT2D eigenvalue weighted by atomic mass is 32.2. The highest BCUT2D eigenvalue weighted by Gasteiger charge is 2.41. The van der Waals surface area contributed by atoms with Gasteiger partial charge in [-0.15, -0.1) is 11.8 Å². The lowest BCUT2D eigenvalue weighted by Crippen LogP contribution is -2.62. The quantitative estimate of drug-likeness (QED) is 0.304. The Labute approximate surface area is 242 Å². The summed E-state index contributed by atoms with van der Waals surface area (Å²) in [7, 11) is 0. The van der Waals surface area contributed by atoms with Crippen molar-refractivity contribution >= 4 is 52.5 Å². The third-order valence-corrected chi connectivity index (χ3v) is 8.43. The standard InChI is InChI=1S/C32H28N4O4S/c37-30(38)28-21-33(31(39)36-26-16-8-7-11-23(26)22-41-29-18-10-9-17-27(29)36)19-20-34(28)32(40)35(24-12-3-1-4-13-24)25-14-5-2-6-15-25/h1-18,28H,19-22H2,(H,37,38)/t28-/m0/s1. The first-order chi connectivity index (χ1) is 20.0. The van der Waals surface area contributed by atoms with Crippen molar-refractivity contribution in [2.24, 2.45) is 0 Å². The van der Waals surface area contributed by atoms with Gasteiger partial charge < -0.3 is 14.9 Å². The number of hydrogen-bond donors (Lipinski definition) is 1. The molecular weight excluding hydrogens is 536 g/mol. The maximum atomic E-state index is 14.2. The molecule has 0 bridgehead atoms. The zero-order valence-electron chi connectivity index (χ0n) is 22.2. The molecule has 0 saturated carbocycles. The van der Waals surface area contributed by atoms with Gasteiger partial charge in [0.2, 0.25) is 0 Å². The van der Waals surface area contributed by atoms with Gasteiger partial charge in [0.15, 0.2) is 0 Å². The number of para-hydroxylation sites is 4. The number of carboxylic acids is 1. The molecule has 6 rings (SSSR count). The number of carboxylic acid groups (broad SMARTS) is 1. The van der Waals surface area contributed by atoms with Crippen molar-refractivity contribution in [3.63, 3.8) is 0 Å². The van der Waals surface area contributed by atoms with Gasteiger partial charge in [-0.3, -0.25) is 9.80 Å². The van der Waals surface area contributed by atoms with Crippen LogP contribution < -0.4 is 9.80 Å². The highest BCUT2D eigenvalue weighted by molar-refractivity contribution is 7.98. The number of aliphatic carboxylic acids is 1. The summed E-state index contributed by atoms with van der Waals surface area (Å²) in [4.78, 5) is 47.9. The number of benzene rings is 4. The number of rotatable bonds is 3. The summed E-state index contributed by atoms with van der Waals surface area (Å²) in [5.41, 5.74) is 3.81. The van der Waals surface area contributed by atoms with Crippen LogP contribution in [0, 0.1) is 0 Å². The van der Waals surface area contributed by atoms with Crippen LogP contribution in [0.25, 0.3) is 0 Å². The molecule has 1 saturated heterocycles. The normalized spacial score (nSPS) is 16.3. The fraction of sp³-hybridized carbons (Fsp3) is 0.156. The van der Waals surface area contributed by atoms with E-state index < -0.39 is 18.0 Å². The molecule has 1 N–H and O–H groups in total. The monoisotopic (exact) mass is 564 g/mol. The molecule has 8 nitrogen and oxygen atoms in total. The summed E-state index contributed by atoms with van der Waals surface area (Å²) in [6, 6.07) is 31.8. The SMILES string of the molecule is O=C(O)[C@@H]1CN(C(=O)N2c3ccccc3CSc3ccccc32)CCN1C(=O)N(c1ccccc1)c1ccccc1. The van der Waals surface area contributed by atoms with Gasteiger partial charge >= 0.3 is 18.0 Å². The van der Waals surface area contributed by atoms with Crippen molar-refractivity contribution in [1.29, 1.82) is 0 Å². The van der Waals surface area contributed by atoms with Crippen molar-refractivity contribution in [2.75, 3.05) is 29.4 Å². The van der Waals surface area contributed by atoms with E-state index in [9.17, 15) is 19.5 Å². The van der Waals surface area contributed by atoms with Gasteiger partial charge in [0.05, 0.1) is 29.3 Å². The van der Waals surface area contributed by atoms with Crippen molar-refractivity contribution in [3.05, 3.63) is 115 Å². The number of nitrogens with zero attached hydrogens (tertiary/aromatic N) is 4. The van der Waals surface area contributed by atoms with Gasteiger partial charge in [-0.2, -0.15) is 0 Å². The maximum absolute atomic E-state index is 14.2. The molecule has 0 aliphatic carbocycles. The van der Waals surface area contributed by atoms with E-state index in [1.807, 2.05) is 109 Å².